The van der Waals surface area contributed by atoms with Gasteiger partial charge in [0.05, 0.1) is 26.6 Å². The van der Waals surface area contributed by atoms with Crippen LogP contribution in [0.1, 0.15) is 23.1 Å². The second-order valence-electron chi connectivity index (χ2n) is 8.83. The highest BCUT2D eigenvalue weighted by molar-refractivity contribution is 6.17. The Bertz CT molecular complexity index is 1300. The molecule has 1 N–H and O–H groups in total. The van der Waals surface area contributed by atoms with Gasteiger partial charge in [0.1, 0.15) is 29.4 Å². The molecule has 35 heavy (non-hydrogen) atoms. The molecule has 1 amide bonds. The lowest BCUT2D eigenvalue weighted by atomic mass is 10.0. The summed E-state index contributed by atoms with van der Waals surface area (Å²) in [5.41, 5.74) is 3.67. The van der Waals surface area contributed by atoms with Gasteiger partial charge in [-0.2, -0.15) is 0 Å². The molecule has 2 aromatic rings. The number of hydrogen-bond acceptors (Lipinski definition) is 9. The van der Waals surface area contributed by atoms with Crippen LogP contribution >= 0.6 is 0 Å². The molecule has 2 fully saturated rings. The third-order valence-corrected chi connectivity index (χ3v) is 6.72. The van der Waals surface area contributed by atoms with Crippen LogP contribution in [0.15, 0.2) is 53.2 Å². The van der Waals surface area contributed by atoms with Crippen molar-refractivity contribution in [3.63, 3.8) is 0 Å². The van der Waals surface area contributed by atoms with E-state index < -0.39 is 6.04 Å². The summed E-state index contributed by atoms with van der Waals surface area (Å²) in [5.74, 6) is 1.45. The van der Waals surface area contributed by atoms with Crippen LogP contribution in [0, 0.1) is 0 Å². The average molecular weight is 473 g/mol. The van der Waals surface area contributed by atoms with Gasteiger partial charge in [-0.1, -0.05) is 12.6 Å². The maximum atomic E-state index is 13.1. The minimum Gasteiger partial charge on any atom is -0.494 e. The first-order valence-electron chi connectivity index (χ1n) is 11.5. The van der Waals surface area contributed by atoms with Crippen LogP contribution in [-0.4, -0.2) is 77.3 Å². The van der Waals surface area contributed by atoms with Gasteiger partial charge in [-0.05, 0) is 18.2 Å². The van der Waals surface area contributed by atoms with Gasteiger partial charge in [0.15, 0.2) is 0 Å². The summed E-state index contributed by atoms with van der Waals surface area (Å²) in [7, 11) is 1.57. The molecule has 5 heterocycles. The van der Waals surface area contributed by atoms with Crippen LogP contribution in [0.25, 0.3) is 5.70 Å². The molecule has 4 aliphatic rings. The minimum atomic E-state index is -0.482. The number of carbonyl (C=O) groups excluding carboxylic acids is 2. The molecule has 2 atom stereocenters. The molecule has 1 aromatic heterocycles. The van der Waals surface area contributed by atoms with Gasteiger partial charge < -0.3 is 19.7 Å². The number of amidine groups is 1. The van der Waals surface area contributed by atoms with E-state index in [0.717, 1.165) is 17.0 Å². The molecule has 0 radical (unpaired) electrons. The topological polar surface area (TPSA) is 109 Å². The number of aliphatic imine (C=N–C) groups is 2. The summed E-state index contributed by atoms with van der Waals surface area (Å²) in [6.07, 6.45) is 3.92. The number of nitrogens with zero attached hydrogens (tertiary/aromatic N) is 5. The molecule has 2 bridgehead atoms. The molecule has 0 spiro atoms. The SMILES string of the molecule is C=C(NC1=Nc2c(ccc(CC(=O)N3C[C@@H]4C[C@H]3C(=O)O4)c2OC)C2=NCCN12)c1cccnc1. The van der Waals surface area contributed by atoms with Crippen LogP contribution < -0.4 is 10.1 Å². The zero-order chi connectivity index (χ0) is 24.1. The Hall–Kier alpha value is -4.21. The van der Waals surface area contributed by atoms with Gasteiger partial charge in [-0.25, -0.2) is 9.79 Å². The third-order valence-electron chi connectivity index (χ3n) is 6.72. The molecular formula is C25H24N6O4. The predicted molar refractivity (Wildman–Crippen MR) is 128 cm³/mol. The second kappa shape index (κ2) is 8.23. The number of rotatable bonds is 5. The smallest absolute Gasteiger partial charge is 0.329 e. The molecule has 2 saturated heterocycles. The Balaban J connectivity index is 1.32. The monoisotopic (exact) mass is 472 g/mol. The molecule has 10 heteroatoms. The number of carbonyl (C=O) groups is 2. The standard InChI is InChI=1S/C25H24N6O4/c1-14(16-4-3-7-26-12-16)28-25-29-21-18(23-27-8-9-30(23)25)6-5-15(22(21)34-2)10-20(32)31-13-17-11-19(31)24(33)35-17/h3-7,12,17,19H,1,8-11,13H2,2H3,(H,28,29)/t17-,19-/m0/s1. The van der Waals surface area contributed by atoms with Crippen molar-refractivity contribution in [1.82, 2.24) is 20.1 Å². The summed E-state index contributed by atoms with van der Waals surface area (Å²) in [4.78, 5) is 42.4. The van der Waals surface area contributed by atoms with Crippen molar-refractivity contribution in [1.29, 1.82) is 0 Å². The van der Waals surface area contributed by atoms with Crippen molar-refractivity contribution in [3.05, 3.63) is 59.9 Å². The summed E-state index contributed by atoms with van der Waals surface area (Å²) < 4.78 is 11.0. The number of fused-ring (bicyclic) bond motifs is 5. The first-order valence-corrected chi connectivity index (χ1v) is 11.5. The third kappa shape index (κ3) is 3.52. The highest BCUT2D eigenvalue weighted by Crippen LogP contribution is 2.40. The molecule has 178 valence electrons. The number of morpholine rings is 1. The van der Waals surface area contributed by atoms with Crippen LogP contribution in [0.4, 0.5) is 5.69 Å². The Morgan fingerprint density at radius 2 is 2.23 bits per heavy atom. The summed E-state index contributed by atoms with van der Waals surface area (Å²) in [5, 5.41) is 3.31. The van der Waals surface area contributed by atoms with E-state index in [1.165, 1.54) is 0 Å². The van der Waals surface area contributed by atoms with Crippen molar-refractivity contribution in [3.8, 4) is 5.75 Å². The minimum absolute atomic E-state index is 0.101. The molecular weight excluding hydrogens is 448 g/mol. The number of hydrogen-bond donors (Lipinski definition) is 1. The quantitative estimate of drug-likeness (QED) is 0.657. The van der Waals surface area contributed by atoms with Crippen LogP contribution in [0.2, 0.25) is 0 Å². The maximum Gasteiger partial charge on any atom is 0.329 e. The number of likely N-dealkylation sites (tertiary alicyclic amines) is 1. The van der Waals surface area contributed by atoms with E-state index in [1.54, 1.807) is 24.4 Å². The van der Waals surface area contributed by atoms with Crippen LogP contribution in [0.5, 0.6) is 5.75 Å². The number of esters is 1. The van der Waals surface area contributed by atoms with Gasteiger partial charge in [0, 0.05) is 47.7 Å². The van der Waals surface area contributed by atoms with Crippen LogP contribution in [0.3, 0.4) is 0 Å². The molecule has 6 rings (SSSR count). The van der Waals surface area contributed by atoms with Crippen molar-refractivity contribution < 1.29 is 19.1 Å². The van der Waals surface area contributed by atoms with E-state index in [4.69, 9.17) is 19.5 Å². The lowest BCUT2D eigenvalue weighted by molar-refractivity contribution is -0.156. The van der Waals surface area contributed by atoms with E-state index in [0.29, 0.717) is 54.7 Å². The second-order valence-corrected chi connectivity index (χ2v) is 8.83. The van der Waals surface area contributed by atoms with Gasteiger partial charge >= 0.3 is 5.97 Å². The highest BCUT2D eigenvalue weighted by atomic mass is 16.6. The highest BCUT2D eigenvalue weighted by Gasteiger charge is 2.48. The molecule has 0 aliphatic carbocycles. The molecule has 0 unspecified atom stereocenters. The van der Waals surface area contributed by atoms with Crippen molar-refractivity contribution in [2.45, 2.75) is 25.0 Å². The largest absolute Gasteiger partial charge is 0.494 e. The lowest BCUT2D eigenvalue weighted by Crippen LogP contribution is -2.45. The van der Waals surface area contributed by atoms with E-state index >= 15 is 0 Å². The van der Waals surface area contributed by atoms with E-state index in [9.17, 15) is 9.59 Å². The van der Waals surface area contributed by atoms with Crippen molar-refractivity contribution in [2.75, 3.05) is 26.7 Å². The van der Waals surface area contributed by atoms with Gasteiger partial charge in [-0.3, -0.25) is 19.7 Å². The number of benzene rings is 1. The number of methoxy groups -OCH3 is 1. The zero-order valence-electron chi connectivity index (χ0n) is 19.2. The number of nitrogens with one attached hydrogen (secondary N) is 1. The van der Waals surface area contributed by atoms with Crippen molar-refractivity contribution in [2.24, 2.45) is 9.98 Å². The first-order chi connectivity index (χ1) is 17.0. The number of aromatic nitrogens is 1. The van der Waals surface area contributed by atoms with Gasteiger partial charge in [0.25, 0.3) is 0 Å². The van der Waals surface area contributed by atoms with Crippen molar-refractivity contribution >= 4 is 35.1 Å². The fourth-order valence-electron chi connectivity index (χ4n) is 5.05. The molecule has 1 aromatic carbocycles. The summed E-state index contributed by atoms with van der Waals surface area (Å²) in [6.45, 7) is 5.92. The Kier molecular flexibility index (Phi) is 5.01. The fraction of sp³-hybridized carbons (Fsp3) is 0.320. The van der Waals surface area contributed by atoms with E-state index in [1.807, 2.05) is 29.2 Å². The molecule has 0 saturated carbocycles. The number of ether oxygens (including phenoxy) is 2. The summed E-state index contributed by atoms with van der Waals surface area (Å²) >= 11 is 0. The molecule has 10 nitrogen and oxygen atoms in total. The lowest BCUT2D eigenvalue weighted by Gasteiger charge is -2.30. The number of amides is 1. The zero-order valence-corrected chi connectivity index (χ0v) is 19.2. The average Bonchev–Trinajstić information content (AvgIpc) is 3.60. The Labute approximate surface area is 202 Å². The van der Waals surface area contributed by atoms with E-state index in [2.05, 4.69) is 16.9 Å². The Morgan fingerprint density at radius 1 is 1.34 bits per heavy atom. The molecule has 4 aliphatic heterocycles. The predicted octanol–water partition coefficient (Wildman–Crippen LogP) is 1.48. The van der Waals surface area contributed by atoms with Crippen LogP contribution in [-0.2, 0) is 20.7 Å². The fourth-order valence-corrected chi connectivity index (χ4v) is 5.05. The number of pyridine rings is 1. The normalized spacial score (nSPS) is 21.7. The van der Waals surface area contributed by atoms with Gasteiger partial charge in [-0.15, -0.1) is 0 Å². The summed E-state index contributed by atoms with van der Waals surface area (Å²) in [6, 6.07) is 7.09. The Morgan fingerprint density at radius 3 is 2.97 bits per heavy atom. The first kappa shape index (κ1) is 21.3. The number of guanidine groups is 1. The van der Waals surface area contributed by atoms with E-state index in [-0.39, 0.29) is 24.4 Å². The maximum absolute atomic E-state index is 13.1. The van der Waals surface area contributed by atoms with Gasteiger partial charge in [0.2, 0.25) is 11.9 Å².